The third-order valence-corrected chi connectivity index (χ3v) is 4.58. The molecule has 0 N–H and O–H groups in total. The molecular weight excluding hydrogens is 260 g/mol. The fourth-order valence-corrected chi connectivity index (χ4v) is 3.43. The van der Waals surface area contributed by atoms with Crippen LogP contribution in [0.15, 0.2) is 18.2 Å². The molecule has 1 aliphatic heterocycles. The molecule has 3 rings (SSSR count). The number of hydrogen-bond acceptors (Lipinski definition) is 2. The van der Waals surface area contributed by atoms with Crippen LogP contribution in [0.2, 0.25) is 0 Å². The van der Waals surface area contributed by atoms with Crippen molar-refractivity contribution in [1.82, 2.24) is 0 Å². The van der Waals surface area contributed by atoms with Gasteiger partial charge in [0, 0.05) is 23.7 Å². The van der Waals surface area contributed by atoms with E-state index in [1.807, 2.05) is 0 Å². The topological polar surface area (TPSA) is 12.5 Å². The first-order valence-electron chi connectivity index (χ1n) is 6.08. The minimum Gasteiger partial charge on any atom is -0.480 e. The first-order chi connectivity index (χ1) is 8.63. The molecule has 18 heavy (non-hydrogen) atoms. The molecule has 0 saturated carbocycles. The van der Waals surface area contributed by atoms with E-state index in [1.54, 1.807) is 0 Å². The van der Waals surface area contributed by atoms with E-state index in [0.717, 1.165) is 18.7 Å². The van der Waals surface area contributed by atoms with Crippen LogP contribution in [-0.4, -0.2) is 6.54 Å². The Morgan fingerprint density at radius 3 is 2.50 bits per heavy atom. The molecule has 0 aromatic heterocycles. The summed E-state index contributed by atoms with van der Waals surface area (Å²) < 4.78 is 7.74. The van der Waals surface area contributed by atoms with Crippen LogP contribution in [0.25, 0.3) is 10.8 Å². The third kappa shape index (κ3) is 1.63. The van der Waals surface area contributed by atoms with Crippen LogP contribution in [-0.2, 0) is 6.42 Å². The molecular formula is C14H17NOP2. The van der Waals surface area contributed by atoms with Crippen LogP contribution in [0.4, 0.5) is 5.69 Å². The number of hydrogen-bond donors (Lipinski definition) is 0. The van der Waals surface area contributed by atoms with Crippen molar-refractivity contribution in [1.29, 1.82) is 0 Å². The fourth-order valence-electron chi connectivity index (χ4n) is 2.88. The Balaban J connectivity index is 2.49. The van der Waals surface area contributed by atoms with Crippen LogP contribution >= 0.6 is 18.9 Å². The van der Waals surface area contributed by atoms with Crippen molar-refractivity contribution in [3.63, 3.8) is 0 Å². The lowest BCUT2D eigenvalue weighted by atomic mass is 9.94. The van der Waals surface area contributed by atoms with Gasteiger partial charge in [-0.25, -0.2) is 0 Å². The zero-order valence-corrected chi connectivity index (χ0v) is 13.0. The highest BCUT2D eigenvalue weighted by atomic mass is 31.0. The van der Waals surface area contributed by atoms with Crippen molar-refractivity contribution in [3.8, 4) is 5.75 Å². The molecule has 2 aromatic rings. The van der Waals surface area contributed by atoms with E-state index >= 15 is 0 Å². The molecule has 2 aromatic carbocycles. The van der Waals surface area contributed by atoms with Crippen molar-refractivity contribution in [3.05, 3.63) is 34.9 Å². The molecule has 0 bridgehead atoms. The van der Waals surface area contributed by atoms with Gasteiger partial charge in [-0.3, -0.25) is 0 Å². The summed E-state index contributed by atoms with van der Waals surface area (Å²) >= 11 is 0. The molecule has 4 heteroatoms. The van der Waals surface area contributed by atoms with E-state index in [2.05, 4.69) is 55.6 Å². The summed E-state index contributed by atoms with van der Waals surface area (Å²) in [5, 5.41) is 2.62. The minimum absolute atomic E-state index is 0.948. The normalized spacial score (nSPS) is 14.1. The number of nitrogens with zero attached hydrogens (tertiary/aromatic N) is 1. The van der Waals surface area contributed by atoms with E-state index in [0.29, 0.717) is 0 Å². The lowest BCUT2D eigenvalue weighted by molar-refractivity contribution is 0.654. The van der Waals surface area contributed by atoms with Gasteiger partial charge in [0.15, 0.2) is 0 Å². The summed E-state index contributed by atoms with van der Waals surface area (Å²) in [4.78, 5) is 0. The second-order valence-electron chi connectivity index (χ2n) is 4.88. The van der Waals surface area contributed by atoms with Crippen LogP contribution in [0.5, 0.6) is 5.75 Å². The number of benzene rings is 2. The van der Waals surface area contributed by atoms with Gasteiger partial charge in [0.2, 0.25) is 0 Å². The van der Waals surface area contributed by atoms with Crippen LogP contribution in [0.3, 0.4) is 0 Å². The van der Waals surface area contributed by atoms with Gasteiger partial charge in [-0.15, -0.1) is 0 Å². The highest BCUT2D eigenvalue weighted by molar-refractivity contribution is 7.19. The highest BCUT2D eigenvalue weighted by Crippen LogP contribution is 2.44. The van der Waals surface area contributed by atoms with Crippen molar-refractivity contribution < 1.29 is 4.52 Å². The molecule has 2 nitrogen and oxygen atoms in total. The van der Waals surface area contributed by atoms with Crippen molar-refractivity contribution in [2.75, 3.05) is 11.2 Å². The van der Waals surface area contributed by atoms with E-state index in [-0.39, 0.29) is 0 Å². The van der Waals surface area contributed by atoms with Crippen LogP contribution in [0, 0.1) is 13.8 Å². The predicted molar refractivity (Wildman–Crippen MR) is 84.5 cm³/mol. The molecule has 0 amide bonds. The number of fused-ring (bicyclic) bond motifs is 3. The number of rotatable bonds is 1. The maximum atomic E-state index is 5.52. The average Bonchev–Trinajstić information content (AvgIpc) is 2.74. The van der Waals surface area contributed by atoms with Gasteiger partial charge in [0.05, 0.1) is 9.47 Å². The smallest absolute Gasteiger partial charge is 0.132 e. The zero-order chi connectivity index (χ0) is 12.9. The Hall–Kier alpha value is -0.840. The Labute approximate surface area is 112 Å². The van der Waals surface area contributed by atoms with Gasteiger partial charge in [-0.1, -0.05) is 12.1 Å². The number of aryl methyl sites for hydroxylation is 2. The van der Waals surface area contributed by atoms with Gasteiger partial charge in [-0.05, 0) is 51.7 Å². The summed E-state index contributed by atoms with van der Waals surface area (Å²) in [6.07, 6.45) is 1.11. The average molecular weight is 277 g/mol. The maximum absolute atomic E-state index is 5.52. The highest BCUT2D eigenvalue weighted by Gasteiger charge is 2.22. The summed E-state index contributed by atoms with van der Waals surface area (Å²) in [6.45, 7) is 5.39. The van der Waals surface area contributed by atoms with E-state index in [1.165, 1.54) is 33.2 Å². The minimum atomic E-state index is 0.948. The molecule has 94 valence electrons. The molecule has 0 radical (unpaired) electrons. The van der Waals surface area contributed by atoms with Crippen molar-refractivity contribution >= 4 is 35.3 Å². The van der Waals surface area contributed by atoms with E-state index in [9.17, 15) is 0 Å². The first kappa shape index (κ1) is 12.2. The van der Waals surface area contributed by atoms with Crippen molar-refractivity contribution in [2.45, 2.75) is 20.3 Å². The molecule has 1 heterocycles. The van der Waals surface area contributed by atoms with E-state index < -0.39 is 0 Å². The molecule has 0 fully saturated rings. The molecule has 2 atom stereocenters. The lowest BCUT2D eigenvalue weighted by Gasteiger charge is -2.17. The second-order valence-corrected chi connectivity index (χ2v) is 5.74. The summed E-state index contributed by atoms with van der Waals surface area (Å²) in [6, 6.07) is 6.53. The predicted octanol–water partition coefficient (Wildman–Crippen LogP) is 3.78. The summed E-state index contributed by atoms with van der Waals surface area (Å²) in [5.41, 5.74) is 5.33. The second kappa shape index (κ2) is 4.37. The largest absolute Gasteiger partial charge is 0.480 e. The number of anilines is 1. The van der Waals surface area contributed by atoms with E-state index in [4.69, 9.17) is 4.52 Å². The Kier molecular flexibility index (Phi) is 2.96. The van der Waals surface area contributed by atoms with Crippen LogP contribution in [0.1, 0.15) is 16.7 Å². The monoisotopic (exact) mass is 277 g/mol. The standard InChI is InChI=1S/C14H17NOP2/c1-8-3-4-9(2)14-12(16-18)7-11-10(13(8)14)5-6-15(11)17/h3-4,7H,5-6,17-18H2,1-2H3. The SMILES string of the molecule is Cc1ccc(C)c2c3c(cc(OP)c12)N(P)CC3. The lowest BCUT2D eigenvalue weighted by Crippen LogP contribution is -2.03. The summed E-state index contributed by atoms with van der Waals surface area (Å²) in [5.74, 6) is 0.948. The van der Waals surface area contributed by atoms with Gasteiger partial charge in [0.1, 0.15) is 5.75 Å². The molecule has 0 aliphatic carbocycles. The van der Waals surface area contributed by atoms with Gasteiger partial charge in [0.25, 0.3) is 0 Å². The van der Waals surface area contributed by atoms with Crippen LogP contribution < -0.4 is 9.19 Å². The Morgan fingerprint density at radius 2 is 1.83 bits per heavy atom. The van der Waals surface area contributed by atoms with Gasteiger partial charge < -0.3 is 9.19 Å². The maximum Gasteiger partial charge on any atom is 0.132 e. The fraction of sp³-hybridized carbons (Fsp3) is 0.286. The zero-order valence-electron chi connectivity index (χ0n) is 10.7. The molecule has 1 aliphatic rings. The Morgan fingerprint density at radius 1 is 1.17 bits per heavy atom. The van der Waals surface area contributed by atoms with Gasteiger partial charge >= 0.3 is 0 Å². The quantitative estimate of drug-likeness (QED) is 0.735. The van der Waals surface area contributed by atoms with Crippen molar-refractivity contribution in [2.24, 2.45) is 0 Å². The molecule has 0 spiro atoms. The summed E-state index contributed by atoms with van der Waals surface area (Å²) in [7, 11) is 5.16. The van der Waals surface area contributed by atoms with Gasteiger partial charge in [-0.2, -0.15) is 0 Å². The Bertz CT molecular complexity index is 639. The molecule has 2 unspecified atom stereocenters. The third-order valence-electron chi connectivity index (χ3n) is 3.79. The molecule has 0 saturated heterocycles. The first-order valence-corrected chi connectivity index (χ1v) is 7.07.